The molecule has 1 saturated heterocycles. The van der Waals surface area contributed by atoms with Crippen LogP contribution in [0.3, 0.4) is 0 Å². The summed E-state index contributed by atoms with van der Waals surface area (Å²) in [5.74, 6) is 3.25. The van der Waals surface area contributed by atoms with Gasteiger partial charge in [-0.25, -0.2) is 0 Å². The fourth-order valence-corrected chi connectivity index (χ4v) is 3.78. The van der Waals surface area contributed by atoms with Crippen molar-refractivity contribution < 1.29 is 0 Å². The van der Waals surface area contributed by atoms with Gasteiger partial charge in [0.2, 0.25) is 0 Å². The van der Waals surface area contributed by atoms with Crippen molar-refractivity contribution in [3.05, 3.63) is 34.9 Å². The summed E-state index contributed by atoms with van der Waals surface area (Å²) in [5, 5.41) is 4.24. The van der Waals surface area contributed by atoms with Crippen molar-refractivity contribution in [3.8, 4) is 0 Å². The van der Waals surface area contributed by atoms with Gasteiger partial charge < -0.3 is 5.32 Å². The van der Waals surface area contributed by atoms with Crippen LogP contribution in [-0.4, -0.2) is 24.6 Å². The highest BCUT2D eigenvalue weighted by Crippen LogP contribution is 2.27. The van der Waals surface area contributed by atoms with Crippen molar-refractivity contribution in [2.75, 3.05) is 18.6 Å². The van der Waals surface area contributed by atoms with Gasteiger partial charge in [-0.3, -0.25) is 0 Å². The highest BCUT2D eigenvalue weighted by Gasteiger charge is 2.26. The van der Waals surface area contributed by atoms with Crippen LogP contribution in [0.25, 0.3) is 0 Å². The average Bonchev–Trinajstić information content (AvgIpc) is 2.65. The molecule has 0 aromatic heterocycles. The van der Waals surface area contributed by atoms with E-state index in [4.69, 9.17) is 11.6 Å². The number of thioether (sulfide) groups is 1. The normalized spacial score (nSPS) is 25.7. The lowest BCUT2D eigenvalue weighted by Gasteiger charge is -2.17. The lowest BCUT2D eigenvalue weighted by Crippen LogP contribution is -2.33. The van der Waals surface area contributed by atoms with Crippen LogP contribution in [0, 0.1) is 5.92 Å². The molecule has 1 nitrogen and oxygen atoms in total. The Kier molecular flexibility index (Phi) is 3.95. The summed E-state index contributed by atoms with van der Waals surface area (Å²) in [5.41, 5.74) is 1.36. The SMILES string of the molecule is CNC1CSCC1Cc1cccc(Cl)c1. The molecule has 15 heavy (non-hydrogen) atoms. The van der Waals surface area contributed by atoms with Gasteiger partial charge in [-0.15, -0.1) is 0 Å². The maximum absolute atomic E-state index is 5.98. The van der Waals surface area contributed by atoms with E-state index in [0.29, 0.717) is 6.04 Å². The molecule has 0 spiro atoms. The Morgan fingerprint density at radius 3 is 3.07 bits per heavy atom. The molecule has 2 atom stereocenters. The summed E-state index contributed by atoms with van der Waals surface area (Å²) >= 11 is 8.02. The number of benzene rings is 1. The molecular weight excluding hydrogens is 226 g/mol. The number of rotatable bonds is 3. The van der Waals surface area contributed by atoms with Gasteiger partial charge in [0, 0.05) is 16.8 Å². The van der Waals surface area contributed by atoms with Crippen molar-refractivity contribution >= 4 is 23.4 Å². The molecule has 1 N–H and O–H groups in total. The Labute approximate surface area is 101 Å². The quantitative estimate of drug-likeness (QED) is 0.874. The Morgan fingerprint density at radius 2 is 2.33 bits per heavy atom. The summed E-state index contributed by atoms with van der Waals surface area (Å²) in [6.45, 7) is 0. The van der Waals surface area contributed by atoms with Crippen LogP contribution in [-0.2, 0) is 6.42 Å². The van der Waals surface area contributed by atoms with Gasteiger partial charge in [-0.05, 0) is 42.8 Å². The van der Waals surface area contributed by atoms with E-state index in [2.05, 4.69) is 24.5 Å². The van der Waals surface area contributed by atoms with Crippen LogP contribution in [0.15, 0.2) is 24.3 Å². The van der Waals surface area contributed by atoms with E-state index in [1.54, 1.807) is 0 Å². The fraction of sp³-hybridized carbons (Fsp3) is 0.500. The van der Waals surface area contributed by atoms with Crippen molar-refractivity contribution in [3.63, 3.8) is 0 Å². The maximum Gasteiger partial charge on any atom is 0.0408 e. The van der Waals surface area contributed by atoms with Crippen LogP contribution in [0.2, 0.25) is 5.02 Å². The smallest absolute Gasteiger partial charge is 0.0408 e. The van der Waals surface area contributed by atoms with Crippen molar-refractivity contribution in [1.29, 1.82) is 0 Å². The first-order chi connectivity index (χ1) is 7.29. The molecule has 2 rings (SSSR count). The molecule has 1 aromatic rings. The van der Waals surface area contributed by atoms with Crippen molar-refractivity contribution in [2.45, 2.75) is 12.5 Å². The Balaban J connectivity index is 2.02. The molecule has 0 saturated carbocycles. The Bertz CT molecular complexity index is 329. The average molecular weight is 242 g/mol. The molecule has 3 heteroatoms. The standard InChI is InChI=1S/C12H16ClNS/c1-14-12-8-15-7-10(12)5-9-3-2-4-11(13)6-9/h2-4,6,10,12,14H,5,7-8H2,1H3. The number of halogens is 1. The van der Waals surface area contributed by atoms with Crippen LogP contribution in [0.5, 0.6) is 0 Å². The molecule has 2 unspecified atom stereocenters. The van der Waals surface area contributed by atoms with E-state index in [1.165, 1.54) is 17.1 Å². The van der Waals surface area contributed by atoms with Gasteiger partial charge in [0.05, 0.1) is 0 Å². The summed E-state index contributed by atoms with van der Waals surface area (Å²) in [7, 11) is 2.06. The molecule has 1 aliphatic heterocycles. The summed E-state index contributed by atoms with van der Waals surface area (Å²) in [6.07, 6.45) is 1.14. The van der Waals surface area contributed by atoms with E-state index in [9.17, 15) is 0 Å². The highest BCUT2D eigenvalue weighted by molar-refractivity contribution is 7.99. The van der Waals surface area contributed by atoms with Gasteiger partial charge >= 0.3 is 0 Å². The van der Waals surface area contributed by atoms with Gasteiger partial charge in [0.25, 0.3) is 0 Å². The minimum Gasteiger partial charge on any atom is -0.316 e. The van der Waals surface area contributed by atoms with Gasteiger partial charge in [-0.1, -0.05) is 23.7 Å². The van der Waals surface area contributed by atoms with Crippen LogP contribution in [0.1, 0.15) is 5.56 Å². The monoisotopic (exact) mass is 241 g/mol. The zero-order valence-corrected chi connectivity index (χ0v) is 10.4. The first kappa shape index (κ1) is 11.3. The second kappa shape index (κ2) is 5.24. The third-order valence-electron chi connectivity index (χ3n) is 2.96. The second-order valence-corrected chi connectivity index (χ2v) is 5.54. The molecule has 0 amide bonds. The minimum absolute atomic E-state index is 0.661. The lowest BCUT2D eigenvalue weighted by atomic mass is 9.95. The first-order valence-corrected chi connectivity index (χ1v) is 6.82. The highest BCUT2D eigenvalue weighted by atomic mass is 35.5. The number of hydrogen-bond donors (Lipinski definition) is 1. The number of hydrogen-bond acceptors (Lipinski definition) is 2. The predicted molar refractivity (Wildman–Crippen MR) is 68.8 cm³/mol. The van der Waals surface area contributed by atoms with Crippen LogP contribution >= 0.6 is 23.4 Å². The summed E-state index contributed by atoms with van der Waals surface area (Å²) < 4.78 is 0. The maximum atomic E-state index is 5.98. The molecule has 0 aliphatic carbocycles. The molecule has 1 heterocycles. The second-order valence-electron chi connectivity index (χ2n) is 4.03. The van der Waals surface area contributed by atoms with Gasteiger partial charge in [0.1, 0.15) is 0 Å². The molecule has 0 radical (unpaired) electrons. The van der Waals surface area contributed by atoms with Crippen molar-refractivity contribution in [1.82, 2.24) is 5.32 Å². The van der Waals surface area contributed by atoms with E-state index in [0.717, 1.165) is 17.4 Å². The molecular formula is C12H16ClNS. The lowest BCUT2D eigenvalue weighted by molar-refractivity contribution is 0.453. The van der Waals surface area contributed by atoms with E-state index in [1.807, 2.05) is 23.9 Å². The number of nitrogens with one attached hydrogen (secondary N) is 1. The molecule has 82 valence electrons. The van der Waals surface area contributed by atoms with Gasteiger partial charge in [0.15, 0.2) is 0 Å². The third-order valence-corrected chi connectivity index (χ3v) is 4.45. The van der Waals surface area contributed by atoms with Gasteiger partial charge in [-0.2, -0.15) is 11.8 Å². The third kappa shape index (κ3) is 2.90. The van der Waals surface area contributed by atoms with E-state index in [-0.39, 0.29) is 0 Å². The molecule has 1 fully saturated rings. The molecule has 1 aliphatic rings. The Hall–Kier alpha value is -0.180. The Morgan fingerprint density at radius 1 is 1.47 bits per heavy atom. The zero-order chi connectivity index (χ0) is 10.7. The van der Waals surface area contributed by atoms with Crippen LogP contribution in [0.4, 0.5) is 0 Å². The summed E-state index contributed by atoms with van der Waals surface area (Å²) in [4.78, 5) is 0. The van der Waals surface area contributed by atoms with E-state index < -0.39 is 0 Å². The van der Waals surface area contributed by atoms with Crippen molar-refractivity contribution in [2.24, 2.45) is 5.92 Å². The minimum atomic E-state index is 0.661. The van der Waals surface area contributed by atoms with E-state index >= 15 is 0 Å². The molecule has 0 bridgehead atoms. The largest absolute Gasteiger partial charge is 0.316 e. The molecule has 1 aromatic carbocycles. The summed E-state index contributed by atoms with van der Waals surface area (Å²) in [6, 6.07) is 8.88. The topological polar surface area (TPSA) is 12.0 Å². The van der Waals surface area contributed by atoms with Crippen LogP contribution < -0.4 is 5.32 Å². The fourth-order valence-electron chi connectivity index (χ4n) is 2.09. The predicted octanol–water partition coefficient (Wildman–Crippen LogP) is 2.83. The zero-order valence-electron chi connectivity index (χ0n) is 8.87. The first-order valence-electron chi connectivity index (χ1n) is 5.29.